The topological polar surface area (TPSA) is 56.7 Å². The summed E-state index contributed by atoms with van der Waals surface area (Å²) < 4.78 is 37.7. The highest BCUT2D eigenvalue weighted by Crippen LogP contribution is 2.30. The van der Waals surface area contributed by atoms with Crippen LogP contribution in [0.5, 0.6) is 0 Å². The van der Waals surface area contributed by atoms with Crippen LogP contribution in [0, 0.1) is 6.92 Å². The molecule has 4 nitrogen and oxygen atoms in total. The van der Waals surface area contributed by atoms with Gasteiger partial charge in [-0.1, -0.05) is 0 Å². The van der Waals surface area contributed by atoms with Gasteiger partial charge >= 0.3 is 5.51 Å². The van der Waals surface area contributed by atoms with Crippen LogP contribution >= 0.6 is 11.8 Å². The van der Waals surface area contributed by atoms with E-state index in [0.29, 0.717) is 11.2 Å². The van der Waals surface area contributed by atoms with Gasteiger partial charge in [0, 0.05) is 18.0 Å². The second-order valence-electron chi connectivity index (χ2n) is 3.71. The van der Waals surface area contributed by atoms with Crippen LogP contribution in [0.25, 0.3) is 11.2 Å². The van der Waals surface area contributed by atoms with E-state index in [9.17, 15) is 13.2 Å². The Morgan fingerprint density at radius 1 is 1.33 bits per heavy atom. The van der Waals surface area contributed by atoms with Gasteiger partial charge in [-0.25, -0.2) is 9.97 Å². The normalized spacial score (nSPS) is 12.2. The zero-order chi connectivity index (χ0) is 13.3. The van der Waals surface area contributed by atoms with Crippen LogP contribution in [0.3, 0.4) is 0 Å². The van der Waals surface area contributed by atoms with Gasteiger partial charge in [-0.3, -0.25) is 4.57 Å². The first-order chi connectivity index (χ1) is 8.37. The number of imidazole rings is 1. The molecule has 0 saturated carbocycles. The zero-order valence-corrected chi connectivity index (χ0v) is 10.3. The fraction of sp³-hybridized carbons (Fsp3) is 0.400. The molecule has 0 aliphatic heterocycles. The number of rotatable bonds is 3. The van der Waals surface area contributed by atoms with E-state index in [4.69, 9.17) is 5.73 Å². The first-order valence-corrected chi connectivity index (χ1v) is 6.15. The molecular weight excluding hydrogens is 265 g/mol. The van der Waals surface area contributed by atoms with E-state index in [-0.39, 0.29) is 30.0 Å². The number of nitrogens with two attached hydrogens (primary N) is 1. The molecule has 0 radical (unpaired) electrons. The quantitative estimate of drug-likeness (QED) is 0.936. The third-order valence-corrected chi connectivity index (χ3v) is 3.06. The van der Waals surface area contributed by atoms with Gasteiger partial charge < -0.3 is 5.73 Å². The number of hydrogen-bond donors (Lipinski definition) is 1. The molecule has 0 fully saturated rings. The van der Waals surface area contributed by atoms with Gasteiger partial charge in [0.05, 0.1) is 0 Å². The van der Waals surface area contributed by atoms with Gasteiger partial charge in [0.15, 0.2) is 5.65 Å². The standard InChI is InChI=1S/C10H11F3N4S/c1-6-2-3-7-8(15-6)17(9(14)16-7)4-5-18-10(11,12)13/h2-3H,4-5H2,1H3,(H2,14,16). The highest BCUT2D eigenvalue weighted by atomic mass is 32.2. The van der Waals surface area contributed by atoms with Gasteiger partial charge in [-0.15, -0.1) is 0 Å². The molecule has 8 heteroatoms. The maximum absolute atomic E-state index is 12.1. The van der Waals surface area contributed by atoms with Crippen molar-refractivity contribution in [1.29, 1.82) is 0 Å². The number of hydrogen-bond acceptors (Lipinski definition) is 4. The van der Waals surface area contributed by atoms with Gasteiger partial charge in [0.2, 0.25) is 5.95 Å². The van der Waals surface area contributed by atoms with E-state index in [0.717, 1.165) is 5.69 Å². The van der Waals surface area contributed by atoms with Crippen LogP contribution in [0.15, 0.2) is 12.1 Å². The van der Waals surface area contributed by atoms with Crippen LogP contribution in [-0.4, -0.2) is 25.8 Å². The van der Waals surface area contributed by atoms with Crippen molar-refractivity contribution in [3.8, 4) is 0 Å². The Bertz CT molecular complexity index is 564. The minimum Gasteiger partial charge on any atom is -0.369 e. The first-order valence-electron chi connectivity index (χ1n) is 5.17. The summed E-state index contributed by atoms with van der Waals surface area (Å²) in [4.78, 5) is 8.30. The summed E-state index contributed by atoms with van der Waals surface area (Å²) >= 11 is -0.0787. The fourth-order valence-corrected chi connectivity index (χ4v) is 2.09. The number of fused-ring (bicyclic) bond motifs is 1. The second-order valence-corrected chi connectivity index (χ2v) is 4.87. The number of aromatic nitrogens is 3. The molecule has 2 heterocycles. The predicted molar refractivity (Wildman–Crippen MR) is 65.2 cm³/mol. The largest absolute Gasteiger partial charge is 0.441 e. The Hall–Kier alpha value is -1.44. The fourth-order valence-electron chi connectivity index (χ4n) is 1.59. The monoisotopic (exact) mass is 276 g/mol. The van der Waals surface area contributed by atoms with Crippen molar-refractivity contribution in [3.05, 3.63) is 17.8 Å². The van der Waals surface area contributed by atoms with E-state index >= 15 is 0 Å². The molecule has 0 unspecified atom stereocenters. The molecule has 0 amide bonds. The van der Waals surface area contributed by atoms with Crippen molar-refractivity contribution >= 4 is 28.9 Å². The Morgan fingerprint density at radius 3 is 2.72 bits per heavy atom. The SMILES string of the molecule is Cc1ccc2nc(N)n(CCSC(F)(F)F)c2n1. The van der Waals surface area contributed by atoms with Gasteiger partial charge in [-0.2, -0.15) is 13.2 Å². The molecule has 0 aliphatic rings. The molecule has 98 valence electrons. The van der Waals surface area contributed by atoms with Crippen LogP contribution in [0.2, 0.25) is 0 Å². The molecule has 0 aromatic carbocycles. The molecule has 0 saturated heterocycles. The van der Waals surface area contributed by atoms with Crippen molar-refractivity contribution < 1.29 is 13.2 Å². The second kappa shape index (κ2) is 4.68. The summed E-state index contributed by atoms with van der Waals surface area (Å²) in [7, 11) is 0. The third-order valence-electron chi connectivity index (χ3n) is 2.34. The Balaban J connectivity index is 2.22. The lowest BCUT2D eigenvalue weighted by molar-refractivity contribution is -0.0328. The number of halogens is 3. The van der Waals surface area contributed by atoms with E-state index in [1.807, 2.05) is 0 Å². The van der Waals surface area contributed by atoms with Crippen molar-refractivity contribution in [2.75, 3.05) is 11.5 Å². The zero-order valence-electron chi connectivity index (χ0n) is 9.53. The average Bonchev–Trinajstić information content (AvgIpc) is 2.54. The van der Waals surface area contributed by atoms with Crippen molar-refractivity contribution in [2.24, 2.45) is 0 Å². The maximum atomic E-state index is 12.1. The molecule has 0 spiro atoms. The molecule has 2 aromatic rings. The van der Waals surface area contributed by atoms with E-state index in [1.165, 1.54) is 4.57 Å². The summed E-state index contributed by atoms with van der Waals surface area (Å²) in [6, 6.07) is 3.53. The molecule has 0 aliphatic carbocycles. The van der Waals surface area contributed by atoms with Gasteiger partial charge in [0.1, 0.15) is 5.52 Å². The summed E-state index contributed by atoms with van der Waals surface area (Å²) in [5.74, 6) is 0.0697. The van der Waals surface area contributed by atoms with Crippen molar-refractivity contribution in [1.82, 2.24) is 14.5 Å². The van der Waals surface area contributed by atoms with E-state index in [2.05, 4.69) is 9.97 Å². The smallest absolute Gasteiger partial charge is 0.369 e. The molecule has 2 rings (SSSR count). The average molecular weight is 276 g/mol. The van der Waals surface area contributed by atoms with Gasteiger partial charge in [0.25, 0.3) is 0 Å². The molecule has 0 bridgehead atoms. The lowest BCUT2D eigenvalue weighted by atomic mass is 10.3. The predicted octanol–water partition coefficient (Wildman–Crippen LogP) is 2.57. The number of aryl methyl sites for hydroxylation is 2. The Labute approximate surface area is 105 Å². The number of nitrogen functional groups attached to an aromatic ring is 1. The van der Waals surface area contributed by atoms with Crippen LogP contribution in [0.1, 0.15) is 5.69 Å². The highest BCUT2D eigenvalue weighted by Gasteiger charge is 2.27. The molecule has 2 N–H and O–H groups in total. The summed E-state index contributed by atoms with van der Waals surface area (Å²) in [6.07, 6.45) is 0. The summed E-state index contributed by atoms with van der Waals surface area (Å²) in [5, 5.41) is 0. The molecule has 0 atom stereocenters. The maximum Gasteiger partial charge on any atom is 0.441 e. The first kappa shape index (κ1) is 13.0. The van der Waals surface area contributed by atoms with Crippen molar-refractivity contribution in [3.63, 3.8) is 0 Å². The number of thioether (sulfide) groups is 1. The Kier molecular flexibility index (Phi) is 3.38. The molecule has 2 aromatic heterocycles. The number of anilines is 1. The lowest BCUT2D eigenvalue weighted by Gasteiger charge is -2.07. The molecule has 18 heavy (non-hydrogen) atoms. The Morgan fingerprint density at radius 2 is 2.06 bits per heavy atom. The minimum absolute atomic E-state index is 0.0787. The number of nitrogens with zero attached hydrogens (tertiary/aromatic N) is 3. The number of alkyl halides is 3. The molecular formula is C10H11F3N4S. The highest BCUT2D eigenvalue weighted by molar-refractivity contribution is 8.00. The lowest BCUT2D eigenvalue weighted by Crippen LogP contribution is -2.09. The van der Waals surface area contributed by atoms with Crippen LogP contribution in [-0.2, 0) is 6.54 Å². The van der Waals surface area contributed by atoms with E-state index in [1.54, 1.807) is 19.1 Å². The van der Waals surface area contributed by atoms with Crippen molar-refractivity contribution in [2.45, 2.75) is 19.0 Å². The summed E-state index contributed by atoms with van der Waals surface area (Å²) in [6.45, 7) is 1.93. The summed E-state index contributed by atoms with van der Waals surface area (Å²) in [5.41, 5.74) is 3.33. The third kappa shape index (κ3) is 2.87. The minimum atomic E-state index is -4.23. The number of pyridine rings is 1. The van der Waals surface area contributed by atoms with Gasteiger partial charge in [-0.05, 0) is 30.8 Å². The van der Waals surface area contributed by atoms with Crippen LogP contribution < -0.4 is 5.73 Å². The van der Waals surface area contributed by atoms with E-state index < -0.39 is 5.51 Å². The van der Waals surface area contributed by atoms with Crippen LogP contribution in [0.4, 0.5) is 19.1 Å².